The largest absolute Gasteiger partial charge is 0.494 e. The number of rotatable bonds is 10. The quantitative estimate of drug-likeness (QED) is 0.285. The van der Waals surface area contributed by atoms with Gasteiger partial charge in [0, 0.05) is 6.07 Å². The molecule has 2 N–H and O–H groups in total. The summed E-state index contributed by atoms with van der Waals surface area (Å²) in [6, 6.07) is 2.33. The molecule has 0 heterocycles. The molecule has 0 bridgehead atoms. The van der Waals surface area contributed by atoms with Gasteiger partial charge in [-0.3, -0.25) is 14.9 Å². The second-order valence-corrected chi connectivity index (χ2v) is 4.56. The SMILES string of the molecule is C=CCOCC(NC(=O)c1cc(OCC)ccc1[N+](=O)[O-])C(=O)O. The minimum Gasteiger partial charge on any atom is -0.494 e. The Morgan fingerprint density at radius 3 is 2.75 bits per heavy atom. The molecule has 9 heteroatoms. The first-order valence-electron chi connectivity index (χ1n) is 7.04. The molecule has 0 aromatic heterocycles. The van der Waals surface area contributed by atoms with Crippen LogP contribution in [0.2, 0.25) is 0 Å². The number of nitrogens with zero attached hydrogens (tertiary/aromatic N) is 1. The van der Waals surface area contributed by atoms with E-state index in [1.165, 1.54) is 18.2 Å². The van der Waals surface area contributed by atoms with Crippen LogP contribution in [0, 0.1) is 10.1 Å². The second-order valence-electron chi connectivity index (χ2n) is 4.56. The fraction of sp³-hybridized carbons (Fsp3) is 0.333. The number of carbonyl (C=O) groups excluding carboxylic acids is 1. The average Bonchev–Trinajstić information content (AvgIpc) is 2.53. The van der Waals surface area contributed by atoms with Gasteiger partial charge in [-0.25, -0.2) is 4.79 Å². The van der Waals surface area contributed by atoms with Gasteiger partial charge in [0.1, 0.15) is 11.3 Å². The van der Waals surface area contributed by atoms with Crippen molar-refractivity contribution in [1.29, 1.82) is 0 Å². The minimum absolute atomic E-state index is 0.111. The second kappa shape index (κ2) is 9.26. The highest BCUT2D eigenvalue weighted by Gasteiger charge is 2.26. The summed E-state index contributed by atoms with van der Waals surface area (Å²) in [5, 5.41) is 22.4. The van der Waals surface area contributed by atoms with Crippen molar-refractivity contribution in [3.8, 4) is 5.75 Å². The van der Waals surface area contributed by atoms with Crippen molar-refractivity contribution in [3.63, 3.8) is 0 Å². The van der Waals surface area contributed by atoms with Crippen LogP contribution in [0.3, 0.4) is 0 Å². The normalized spacial score (nSPS) is 11.4. The fourth-order valence-corrected chi connectivity index (χ4v) is 1.79. The molecule has 9 nitrogen and oxygen atoms in total. The molecular weight excluding hydrogens is 320 g/mol. The van der Waals surface area contributed by atoms with Crippen molar-refractivity contribution in [3.05, 3.63) is 46.5 Å². The van der Waals surface area contributed by atoms with Crippen molar-refractivity contribution in [1.82, 2.24) is 5.32 Å². The first-order chi connectivity index (χ1) is 11.4. The van der Waals surface area contributed by atoms with Crippen LogP contribution in [0.15, 0.2) is 30.9 Å². The molecule has 0 aliphatic carbocycles. The van der Waals surface area contributed by atoms with Crippen LogP contribution in [0.5, 0.6) is 5.75 Å². The number of carbonyl (C=O) groups is 2. The zero-order valence-corrected chi connectivity index (χ0v) is 13.1. The summed E-state index contributed by atoms with van der Waals surface area (Å²) in [6.07, 6.45) is 1.43. The molecule has 0 saturated heterocycles. The highest BCUT2D eigenvalue weighted by atomic mass is 16.6. The Kier molecular flexibility index (Phi) is 7.37. The van der Waals surface area contributed by atoms with Gasteiger partial charge in [-0.1, -0.05) is 6.08 Å². The molecule has 1 atom stereocenters. The Hall–Kier alpha value is -2.94. The van der Waals surface area contributed by atoms with Gasteiger partial charge in [-0.2, -0.15) is 0 Å². The van der Waals surface area contributed by atoms with E-state index in [4.69, 9.17) is 14.6 Å². The number of amides is 1. The number of carboxylic acid groups (broad SMARTS) is 1. The van der Waals surface area contributed by atoms with E-state index in [1.54, 1.807) is 6.92 Å². The fourth-order valence-electron chi connectivity index (χ4n) is 1.79. The molecule has 1 aromatic rings. The summed E-state index contributed by atoms with van der Waals surface area (Å²) in [7, 11) is 0. The zero-order valence-electron chi connectivity index (χ0n) is 13.1. The van der Waals surface area contributed by atoms with Crippen LogP contribution in [-0.4, -0.2) is 47.8 Å². The van der Waals surface area contributed by atoms with E-state index in [0.717, 1.165) is 6.07 Å². The van der Waals surface area contributed by atoms with Crippen molar-refractivity contribution >= 4 is 17.6 Å². The number of benzene rings is 1. The molecule has 1 unspecified atom stereocenters. The van der Waals surface area contributed by atoms with E-state index in [0.29, 0.717) is 6.61 Å². The number of ether oxygens (including phenoxy) is 2. The Morgan fingerprint density at radius 2 is 2.21 bits per heavy atom. The molecule has 0 aliphatic heterocycles. The maximum Gasteiger partial charge on any atom is 0.328 e. The number of carboxylic acids is 1. The number of nitro benzene ring substituents is 1. The highest BCUT2D eigenvalue weighted by molar-refractivity contribution is 6.00. The lowest BCUT2D eigenvalue weighted by molar-refractivity contribution is -0.385. The standard InChI is InChI=1S/C15H18N2O7/c1-3-7-23-9-12(15(19)20)16-14(18)11-8-10(24-4-2)5-6-13(11)17(21)22/h3,5-6,8,12H,1,4,7,9H2,2H3,(H,16,18)(H,19,20). The third kappa shape index (κ3) is 5.36. The van der Waals surface area contributed by atoms with Crippen molar-refractivity contribution in [2.75, 3.05) is 19.8 Å². The number of hydrogen-bond donors (Lipinski definition) is 2. The Labute approximate surface area is 138 Å². The van der Waals surface area contributed by atoms with Crippen LogP contribution in [0.4, 0.5) is 5.69 Å². The van der Waals surface area contributed by atoms with Gasteiger partial charge in [-0.05, 0) is 19.1 Å². The van der Waals surface area contributed by atoms with Gasteiger partial charge in [0.25, 0.3) is 11.6 Å². The molecule has 24 heavy (non-hydrogen) atoms. The van der Waals surface area contributed by atoms with Gasteiger partial charge >= 0.3 is 5.97 Å². The molecule has 0 fully saturated rings. The molecular formula is C15H18N2O7. The van der Waals surface area contributed by atoms with Crippen LogP contribution < -0.4 is 10.1 Å². The van der Waals surface area contributed by atoms with Crippen LogP contribution in [0.1, 0.15) is 17.3 Å². The molecule has 0 aliphatic rings. The van der Waals surface area contributed by atoms with Crippen molar-refractivity contribution < 1.29 is 29.1 Å². The number of hydrogen-bond acceptors (Lipinski definition) is 6. The zero-order chi connectivity index (χ0) is 18.1. The summed E-state index contributed by atoms with van der Waals surface area (Å²) in [5.74, 6) is -1.96. The lowest BCUT2D eigenvalue weighted by Gasteiger charge is -2.15. The van der Waals surface area contributed by atoms with E-state index < -0.39 is 28.5 Å². The third-order valence-electron chi connectivity index (χ3n) is 2.84. The van der Waals surface area contributed by atoms with E-state index in [-0.39, 0.29) is 24.5 Å². The smallest absolute Gasteiger partial charge is 0.328 e. The molecule has 130 valence electrons. The summed E-state index contributed by atoms with van der Waals surface area (Å²) >= 11 is 0. The van der Waals surface area contributed by atoms with Gasteiger partial charge in [0.05, 0.1) is 24.7 Å². The molecule has 1 rings (SSSR count). The van der Waals surface area contributed by atoms with Gasteiger partial charge in [0.2, 0.25) is 0 Å². The molecule has 0 saturated carbocycles. The number of aliphatic carboxylic acids is 1. The number of nitrogens with one attached hydrogen (secondary N) is 1. The van der Waals surface area contributed by atoms with E-state index >= 15 is 0 Å². The predicted octanol–water partition coefficient (Wildman–Crippen LogP) is 1.38. The van der Waals surface area contributed by atoms with Gasteiger partial charge < -0.3 is 19.9 Å². The third-order valence-corrected chi connectivity index (χ3v) is 2.84. The van der Waals surface area contributed by atoms with E-state index in [1.807, 2.05) is 0 Å². The average molecular weight is 338 g/mol. The molecule has 1 aromatic carbocycles. The van der Waals surface area contributed by atoms with E-state index in [2.05, 4.69) is 11.9 Å². The van der Waals surface area contributed by atoms with Crippen molar-refractivity contribution in [2.24, 2.45) is 0 Å². The monoisotopic (exact) mass is 338 g/mol. The topological polar surface area (TPSA) is 128 Å². The summed E-state index contributed by atoms with van der Waals surface area (Å²) in [6.45, 7) is 5.26. The Balaban J connectivity index is 3.01. The summed E-state index contributed by atoms with van der Waals surface area (Å²) in [5.41, 5.74) is -0.743. The van der Waals surface area contributed by atoms with Crippen LogP contribution in [-0.2, 0) is 9.53 Å². The number of nitro groups is 1. The highest BCUT2D eigenvalue weighted by Crippen LogP contribution is 2.24. The van der Waals surface area contributed by atoms with Crippen molar-refractivity contribution in [2.45, 2.75) is 13.0 Å². The summed E-state index contributed by atoms with van der Waals surface area (Å²) < 4.78 is 10.2. The minimum atomic E-state index is -1.35. The van der Waals surface area contributed by atoms with Gasteiger partial charge in [-0.15, -0.1) is 6.58 Å². The van der Waals surface area contributed by atoms with Gasteiger partial charge in [0.15, 0.2) is 6.04 Å². The molecule has 1 amide bonds. The Bertz CT molecular complexity index is 630. The van der Waals surface area contributed by atoms with Crippen LogP contribution >= 0.6 is 0 Å². The first kappa shape index (κ1) is 19.1. The maximum absolute atomic E-state index is 12.3. The lowest BCUT2D eigenvalue weighted by Crippen LogP contribution is -2.44. The predicted molar refractivity (Wildman–Crippen MR) is 84.2 cm³/mol. The van der Waals surface area contributed by atoms with E-state index in [9.17, 15) is 19.7 Å². The maximum atomic E-state index is 12.3. The lowest BCUT2D eigenvalue weighted by atomic mass is 10.1. The summed E-state index contributed by atoms with van der Waals surface area (Å²) in [4.78, 5) is 33.8. The van der Waals surface area contributed by atoms with Crippen LogP contribution in [0.25, 0.3) is 0 Å². The Morgan fingerprint density at radius 1 is 1.50 bits per heavy atom. The molecule has 0 radical (unpaired) electrons. The molecule has 0 spiro atoms. The first-order valence-corrected chi connectivity index (χ1v) is 7.04.